The van der Waals surface area contributed by atoms with Gasteiger partial charge in [0.2, 0.25) is 0 Å². The van der Waals surface area contributed by atoms with Crippen LogP contribution >= 0.6 is 0 Å². The van der Waals surface area contributed by atoms with E-state index in [2.05, 4.69) is 32.9 Å². The molecular weight excluding hydrogens is 877 g/mol. The van der Waals surface area contributed by atoms with Crippen molar-refractivity contribution in [3.8, 4) is 0 Å². The molecule has 0 saturated carbocycles. The topological polar surface area (TPSA) is 78.9 Å². The van der Waals surface area contributed by atoms with Crippen LogP contribution in [0.25, 0.3) is 0 Å². The predicted octanol–water partition coefficient (Wildman–Crippen LogP) is 21.7. The molecule has 0 aliphatic rings. The van der Waals surface area contributed by atoms with Crippen molar-refractivity contribution >= 4 is 17.9 Å². The van der Waals surface area contributed by atoms with Crippen molar-refractivity contribution in [1.29, 1.82) is 0 Å². The highest BCUT2D eigenvalue weighted by molar-refractivity contribution is 5.71. The van der Waals surface area contributed by atoms with Gasteiger partial charge < -0.3 is 14.2 Å². The zero-order valence-electron chi connectivity index (χ0n) is 48.3. The highest BCUT2D eigenvalue weighted by Gasteiger charge is 2.19. The van der Waals surface area contributed by atoms with Gasteiger partial charge in [-0.2, -0.15) is 0 Å². The van der Waals surface area contributed by atoms with Gasteiger partial charge in [-0.25, -0.2) is 0 Å². The summed E-state index contributed by atoms with van der Waals surface area (Å²) in [6, 6.07) is 0. The van der Waals surface area contributed by atoms with Crippen molar-refractivity contribution in [1.82, 2.24) is 0 Å². The van der Waals surface area contributed by atoms with Crippen LogP contribution in [-0.2, 0) is 28.6 Å². The molecule has 1 unspecified atom stereocenters. The molecule has 0 aromatic rings. The van der Waals surface area contributed by atoms with Crippen molar-refractivity contribution in [2.45, 2.75) is 374 Å². The van der Waals surface area contributed by atoms with Gasteiger partial charge in [-0.05, 0) is 44.9 Å². The van der Waals surface area contributed by atoms with Crippen LogP contribution in [-0.4, -0.2) is 37.2 Å². The number of esters is 3. The van der Waals surface area contributed by atoms with Gasteiger partial charge in [0.05, 0.1) is 0 Å². The van der Waals surface area contributed by atoms with E-state index >= 15 is 0 Å². The Morgan fingerprint density at radius 1 is 0.268 bits per heavy atom. The Morgan fingerprint density at radius 2 is 0.465 bits per heavy atom. The largest absolute Gasteiger partial charge is 0.462 e. The highest BCUT2D eigenvalue weighted by atomic mass is 16.6. The zero-order valence-corrected chi connectivity index (χ0v) is 48.3. The second-order valence-corrected chi connectivity index (χ2v) is 22.0. The summed E-state index contributed by atoms with van der Waals surface area (Å²) in [5.41, 5.74) is 0. The van der Waals surface area contributed by atoms with Gasteiger partial charge in [0.25, 0.3) is 0 Å². The molecule has 0 aliphatic heterocycles. The predicted molar refractivity (Wildman–Crippen MR) is 307 cm³/mol. The molecule has 6 nitrogen and oxygen atoms in total. The summed E-state index contributed by atoms with van der Waals surface area (Å²) in [7, 11) is 0. The summed E-state index contributed by atoms with van der Waals surface area (Å²) in [6.45, 7) is 6.71. The normalized spacial score (nSPS) is 12.0. The summed E-state index contributed by atoms with van der Waals surface area (Å²) in [6.07, 6.45) is 70.7. The summed E-state index contributed by atoms with van der Waals surface area (Å²) >= 11 is 0. The Balaban J connectivity index is 4.28. The van der Waals surface area contributed by atoms with Crippen LogP contribution < -0.4 is 0 Å². The van der Waals surface area contributed by atoms with Crippen molar-refractivity contribution in [3.63, 3.8) is 0 Å². The van der Waals surface area contributed by atoms with Crippen LogP contribution in [0.15, 0.2) is 12.2 Å². The molecule has 420 valence electrons. The van der Waals surface area contributed by atoms with E-state index in [1.807, 2.05) is 0 Å². The first kappa shape index (κ1) is 69.2. The Labute approximate surface area is 443 Å². The lowest BCUT2D eigenvalue weighted by Gasteiger charge is -2.18. The smallest absolute Gasteiger partial charge is 0.306 e. The van der Waals surface area contributed by atoms with Gasteiger partial charge in [0, 0.05) is 19.3 Å². The summed E-state index contributed by atoms with van der Waals surface area (Å²) in [5, 5.41) is 0. The standard InChI is InChI=1S/C65H124O6/c1-4-7-10-13-16-19-22-25-28-30-31-32-33-35-37-40-43-46-49-52-55-58-64(67)70-61-62(60-69-63(66)57-54-51-48-45-42-39-36-27-24-21-18-15-12-9-6-3)71-65(68)59-56-53-50-47-44-41-38-34-29-26-23-20-17-14-11-8-5-2/h27,36,62H,4-26,28-35,37-61H2,1-3H3/b36-27-. The maximum Gasteiger partial charge on any atom is 0.306 e. The number of unbranched alkanes of at least 4 members (excludes halogenated alkanes) is 47. The molecule has 0 heterocycles. The van der Waals surface area contributed by atoms with E-state index in [0.29, 0.717) is 19.3 Å². The lowest BCUT2D eigenvalue weighted by atomic mass is 10.0. The minimum Gasteiger partial charge on any atom is -0.462 e. The number of rotatable bonds is 60. The van der Waals surface area contributed by atoms with Gasteiger partial charge in [0.1, 0.15) is 13.2 Å². The second-order valence-electron chi connectivity index (χ2n) is 22.0. The fourth-order valence-corrected chi connectivity index (χ4v) is 9.91. The van der Waals surface area contributed by atoms with Gasteiger partial charge in [0.15, 0.2) is 6.10 Å². The minimum absolute atomic E-state index is 0.0659. The lowest BCUT2D eigenvalue weighted by molar-refractivity contribution is -0.167. The van der Waals surface area contributed by atoms with E-state index in [1.54, 1.807) is 0 Å². The monoisotopic (exact) mass is 1000 g/mol. The van der Waals surface area contributed by atoms with Gasteiger partial charge in [-0.3, -0.25) is 14.4 Å². The average Bonchev–Trinajstić information content (AvgIpc) is 3.37. The second kappa shape index (κ2) is 60.7. The van der Waals surface area contributed by atoms with Crippen LogP contribution in [0, 0.1) is 0 Å². The van der Waals surface area contributed by atoms with E-state index in [1.165, 1.54) is 263 Å². The van der Waals surface area contributed by atoms with E-state index in [-0.39, 0.29) is 31.1 Å². The third-order valence-corrected chi connectivity index (χ3v) is 14.8. The molecule has 0 spiro atoms. The van der Waals surface area contributed by atoms with Crippen LogP contribution in [0.3, 0.4) is 0 Å². The maximum atomic E-state index is 12.9. The molecule has 0 bridgehead atoms. The molecule has 0 rings (SSSR count). The molecule has 0 aromatic heterocycles. The Kier molecular flexibility index (Phi) is 59.1. The summed E-state index contributed by atoms with van der Waals surface area (Å²) < 4.78 is 16.9. The van der Waals surface area contributed by atoms with Gasteiger partial charge in [-0.15, -0.1) is 0 Å². The fourth-order valence-electron chi connectivity index (χ4n) is 9.91. The molecule has 71 heavy (non-hydrogen) atoms. The Morgan fingerprint density at radius 3 is 0.704 bits per heavy atom. The maximum absolute atomic E-state index is 12.9. The van der Waals surface area contributed by atoms with Gasteiger partial charge in [-0.1, -0.05) is 315 Å². The molecule has 0 amide bonds. The first-order chi connectivity index (χ1) is 35.0. The zero-order chi connectivity index (χ0) is 51.4. The lowest BCUT2D eigenvalue weighted by Crippen LogP contribution is -2.30. The average molecular weight is 1000 g/mol. The fraction of sp³-hybridized carbons (Fsp3) is 0.923. The summed E-state index contributed by atoms with van der Waals surface area (Å²) in [4.78, 5) is 38.3. The quantitative estimate of drug-likeness (QED) is 0.0261. The number of allylic oxidation sites excluding steroid dienone is 2. The minimum atomic E-state index is -0.768. The Bertz CT molecular complexity index is 1100. The Hall–Kier alpha value is -1.85. The number of carbonyl (C=O) groups excluding carboxylic acids is 3. The highest BCUT2D eigenvalue weighted by Crippen LogP contribution is 2.18. The van der Waals surface area contributed by atoms with Crippen LogP contribution in [0.1, 0.15) is 367 Å². The summed E-state index contributed by atoms with van der Waals surface area (Å²) in [5.74, 6) is -0.843. The van der Waals surface area contributed by atoms with Crippen molar-refractivity contribution in [2.24, 2.45) is 0 Å². The van der Waals surface area contributed by atoms with E-state index < -0.39 is 6.10 Å². The third-order valence-electron chi connectivity index (χ3n) is 14.8. The van der Waals surface area contributed by atoms with Crippen molar-refractivity contribution in [2.75, 3.05) is 13.2 Å². The first-order valence-corrected chi connectivity index (χ1v) is 32.2. The van der Waals surface area contributed by atoms with Crippen LogP contribution in [0.5, 0.6) is 0 Å². The number of carbonyl (C=O) groups is 3. The van der Waals surface area contributed by atoms with Crippen molar-refractivity contribution < 1.29 is 28.6 Å². The SMILES string of the molecule is CCCCCCCC/C=C\CCCCCCCC(=O)OCC(COC(=O)CCCCCCCCCCCCCCCCCCCCCCC)OC(=O)CCCCCCCCCCCCCCCCCCC. The number of ether oxygens (including phenoxy) is 3. The first-order valence-electron chi connectivity index (χ1n) is 32.2. The molecule has 0 N–H and O–H groups in total. The third kappa shape index (κ3) is 58.9. The number of hydrogen-bond donors (Lipinski definition) is 0. The molecule has 0 saturated heterocycles. The molecule has 0 aromatic carbocycles. The molecule has 0 fully saturated rings. The van der Waals surface area contributed by atoms with Crippen LogP contribution in [0.2, 0.25) is 0 Å². The molecule has 0 aliphatic carbocycles. The van der Waals surface area contributed by atoms with E-state index in [0.717, 1.165) is 64.2 Å². The van der Waals surface area contributed by atoms with Gasteiger partial charge >= 0.3 is 17.9 Å². The van der Waals surface area contributed by atoms with E-state index in [4.69, 9.17) is 14.2 Å². The number of hydrogen-bond acceptors (Lipinski definition) is 6. The van der Waals surface area contributed by atoms with Crippen LogP contribution in [0.4, 0.5) is 0 Å². The van der Waals surface area contributed by atoms with E-state index in [9.17, 15) is 14.4 Å². The molecule has 1 atom stereocenters. The van der Waals surface area contributed by atoms with Crippen molar-refractivity contribution in [3.05, 3.63) is 12.2 Å². The molecular formula is C65H124O6. The molecule has 0 radical (unpaired) electrons. The molecule has 6 heteroatoms.